The lowest BCUT2D eigenvalue weighted by molar-refractivity contribution is 0.617. The van der Waals surface area contributed by atoms with Crippen LogP contribution in [0.2, 0.25) is 0 Å². The normalized spacial score (nSPS) is 11.4. The first kappa shape index (κ1) is 19.1. The molecule has 0 saturated carbocycles. The molecule has 0 aliphatic rings. The molecule has 2 N–H and O–H groups in total. The molecule has 0 aliphatic carbocycles. The summed E-state index contributed by atoms with van der Waals surface area (Å²) in [4.78, 5) is 4.24. The van der Waals surface area contributed by atoms with Crippen LogP contribution in [0.15, 0.2) is 70.4 Å². The molecular weight excluding hydrogens is 409 g/mol. The molecule has 0 fully saturated rings. The second-order valence-corrected chi connectivity index (χ2v) is 6.85. The smallest absolute Gasteiger partial charge is 0.191 e. The van der Waals surface area contributed by atoms with Gasteiger partial charge in [-0.15, -0.1) is 0 Å². The van der Waals surface area contributed by atoms with Crippen LogP contribution in [0.3, 0.4) is 0 Å². The number of halogens is 2. The minimum absolute atomic E-state index is 0.273. The van der Waals surface area contributed by atoms with Crippen molar-refractivity contribution in [2.24, 2.45) is 4.99 Å². The zero-order valence-electron chi connectivity index (χ0n) is 15.0. The average Bonchev–Trinajstić information content (AvgIpc) is 3.19. The molecule has 0 unspecified atom stereocenters. The van der Waals surface area contributed by atoms with Gasteiger partial charge in [0.15, 0.2) is 5.96 Å². The summed E-state index contributed by atoms with van der Waals surface area (Å²) < 4.78 is 16.0. The highest BCUT2D eigenvalue weighted by molar-refractivity contribution is 9.10. The number of aliphatic imine (C=N–C) groups is 1. The van der Waals surface area contributed by atoms with Crippen molar-refractivity contribution in [3.05, 3.63) is 87.9 Å². The van der Waals surface area contributed by atoms with Crippen LogP contribution in [0.4, 0.5) is 4.39 Å². The van der Waals surface area contributed by atoms with Crippen molar-refractivity contribution in [2.75, 3.05) is 7.05 Å². The van der Waals surface area contributed by atoms with Crippen molar-refractivity contribution < 1.29 is 4.39 Å². The summed E-state index contributed by atoms with van der Waals surface area (Å²) in [7, 11) is 1.72. The Hall–Kier alpha value is -2.67. The number of nitrogens with zero attached hydrogens (tertiary/aromatic N) is 3. The van der Waals surface area contributed by atoms with Crippen LogP contribution in [0, 0.1) is 5.82 Å². The molecule has 0 atom stereocenters. The molecule has 0 spiro atoms. The van der Waals surface area contributed by atoms with Gasteiger partial charge in [0, 0.05) is 32.5 Å². The van der Waals surface area contributed by atoms with Gasteiger partial charge >= 0.3 is 0 Å². The van der Waals surface area contributed by atoms with Crippen LogP contribution >= 0.6 is 15.9 Å². The number of rotatable bonds is 6. The minimum Gasteiger partial charge on any atom is -0.352 e. The maximum absolute atomic E-state index is 13.6. The van der Waals surface area contributed by atoms with Crippen LogP contribution in [-0.2, 0) is 19.6 Å². The highest BCUT2D eigenvalue weighted by Gasteiger charge is 2.06. The first-order chi connectivity index (χ1) is 13.2. The molecule has 1 aromatic heterocycles. The molecule has 3 aromatic rings. The highest BCUT2D eigenvalue weighted by Crippen LogP contribution is 2.16. The lowest BCUT2D eigenvalue weighted by Crippen LogP contribution is -2.36. The number of benzene rings is 2. The van der Waals surface area contributed by atoms with Gasteiger partial charge < -0.3 is 10.6 Å². The predicted octanol–water partition coefficient (Wildman–Crippen LogP) is 3.70. The maximum atomic E-state index is 13.6. The fourth-order valence-corrected chi connectivity index (χ4v) is 2.93. The molecule has 7 heteroatoms. The Kier molecular flexibility index (Phi) is 6.59. The fourth-order valence-electron chi connectivity index (χ4n) is 2.69. The summed E-state index contributed by atoms with van der Waals surface area (Å²) >= 11 is 3.16. The van der Waals surface area contributed by atoms with E-state index >= 15 is 0 Å². The second kappa shape index (κ2) is 9.32. The fraction of sp³-hybridized carbons (Fsp3) is 0.200. The molecule has 140 valence electrons. The first-order valence-electron chi connectivity index (χ1n) is 8.58. The Bertz CT molecular complexity index is 908. The van der Waals surface area contributed by atoms with E-state index in [1.54, 1.807) is 19.3 Å². The Morgan fingerprint density at radius 3 is 2.59 bits per heavy atom. The third kappa shape index (κ3) is 5.40. The molecule has 5 nitrogen and oxygen atoms in total. The number of hydrogen-bond acceptors (Lipinski definition) is 2. The average molecular weight is 430 g/mol. The van der Waals surface area contributed by atoms with E-state index in [2.05, 4.69) is 48.8 Å². The van der Waals surface area contributed by atoms with E-state index in [0.29, 0.717) is 23.5 Å². The minimum atomic E-state index is -0.273. The number of nitrogens with one attached hydrogen (secondary N) is 2. The monoisotopic (exact) mass is 429 g/mol. The van der Waals surface area contributed by atoms with E-state index in [4.69, 9.17) is 0 Å². The zero-order chi connectivity index (χ0) is 19.1. The van der Waals surface area contributed by atoms with Crippen LogP contribution in [-0.4, -0.2) is 22.8 Å². The molecule has 27 heavy (non-hydrogen) atoms. The summed E-state index contributed by atoms with van der Waals surface area (Å²) in [6.45, 7) is 1.83. The van der Waals surface area contributed by atoms with Gasteiger partial charge in [-0.3, -0.25) is 9.67 Å². The van der Waals surface area contributed by atoms with E-state index in [1.807, 2.05) is 35.1 Å². The van der Waals surface area contributed by atoms with Gasteiger partial charge in [-0.25, -0.2) is 4.39 Å². The van der Waals surface area contributed by atoms with E-state index in [1.165, 1.54) is 17.2 Å². The van der Waals surface area contributed by atoms with Crippen molar-refractivity contribution in [1.82, 2.24) is 20.4 Å². The predicted molar refractivity (Wildman–Crippen MR) is 109 cm³/mol. The molecule has 0 amide bonds. The molecular formula is C20H21BrFN5. The summed E-state index contributed by atoms with van der Waals surface area (Å²) in [6, 6.07) is 15.2. The third-order valence-corrected chi connectivity index (χ3v) is 4.77. The lowest BCUT2D eigenvalue weighted by Gasteiger charge is -2.14. The molecule has 3 rings (SSSR count). The van der Waals surface area contributed by atoms with E-state index in [0.717, 1.165) is 12.1 Å². The largest absolute Gasteiger partial charge is 0.352 e. The van der Waals surface area contributed by atoms with Crippen molar-refractivity contribution in [1.29, 1.82) is 0 Å². The summed E-state index contributed by atoms with van der Waals surface area (Å²) in [5.41, 5.74) is 3.21. The SMILES string of the molecule is CN=C(NCc1ccc(Br)c(F)c1)NCc1ccccc1Cn1cccn1. The first-order valence-corrected chi connectivity index (χ1v) is 9.37. The van der Waals surface area contributed by atoms with Gasteiger partial charge in [0.1, 0.15) is 5.82 Å². The number of aromatic nitrogens is 2. The molecule has 1 heterocycles. The quantitative estimate of drug-likeness (QED) is 0.463. The molecule has 2 aromatic carbocycles. The summed E-state index contributed by atoms with van der Waals surface area (Å²) in [5, 5.41) is 10.8. The summed E-state index contributed by atoms with van der Waals surface area (Å²) in [6.07, 6.45) is 3.72. The van der Waals surface area contributed by atoms with Gasteiger partial charge in [0.05, 0.1) is 11.0 Å². The highest BCUT2D eigenvalue weighted by atomic mass is 79.9. The Morgan fingerprint density at radius 2 is 1.89 bits per heavy atom. The standard InChI is InChI=1S/C20H21BrFN5/c1-23-20(24-12-15-7-8-18(21)19(22)11-15)25-13-16-5-2-3-6-17(16)14-27-10-4-9-26-27/h2-11H,12-14H2,1H3,(H2,23,24,25). The summed E-state index contributed by atoms with van der Waals surface area (Å²) in [5.74, 6) is 0.386. The molecule has 0 saturated heterocycles. The van der Waals surface area contributed by atoms with Crippen LogP contribution in [0.25, 0.3) is 0 Å². The van der Waals surface area contributed by atoms with Crippen molar-refractivity contribution in [3.8, 4) is 0 Å². The van der Waals surface area contributed by atoms with Crippen molar-refractivity contribution in [3.63, 3.8) is 0 Å². The van der Waals surface area contributed by atoms with Crippen molar-refractivity contribution in [2.45, 2.75) is 19.6 Å². The topological polar surface area (TPSA) is 54.2 Å². The van der Waals surface area contributed by atoms with E-state index < -0.39 is 0 Å². The molecule has 0 bridgehead atoms. The third-order valence-electron chi connectivity index (χ3n) is 4.12. The van der Waals surface area contributed by atoms with E-state index in [-0.39, 0.29) is 5.82 Å². The second-order valence-electron chi connectivity index (χ2n) is 6.00. The molecule has 0 aliphatic heterocycles. The van der Waals surface area contributed by atoms with Crippen LogP contribution < -0.4 is 10.6 Å². The number of guanidine groups is 1. The maximum Gasteiger partial charge on any atom is 0.191 e. The van der Waals surface area contributed by atoms with Crippen molar-refractivity contribution >= 4 is 21.9 Å². The Morgan fingerprint density at radius 1 is 1.11 bits per heavy atom. The van der Waals surface area contributed by atoms with Gasteiger partial charge in [-0.1, -0.05) is 30.3 Å². The number of hydrogen-bond donors (Lipinski definition) is 2. The lowest BCUT2D eigenvalue weighted by atomic mass is 10.1. The molecule has 0 radical (unpaired) electrons. The zero-order valence-corrected chi connectivity index (χ0v) is 16.6. The van der Waals surface area contributed by atoms with Crippen LogP contribution in [0.1, 0.15) is 16.7 Å². The van der Waals surface area contributed by atoms with Gasteiger partial charge in [-0.2, -0.15) is 5.10 Å². The Labute approximate surface area is 166 Å². The van der Waals surface area contributed by atoms with Crippen LogP contribution in [0.5, 0.6) is 0 Å². The van der Waals surface area contributed by atoms with Gasteiger partial charge in [0.2, 0.25) is 0 Å². The van der Waals surface area contributed by atoms with E-state index in [9.17, 15) is 4.39 Å². The van der Waals surface area contributed by atoms with Gasteiger partial charge in [-0.05, 0) is 50.8 Å². The van der Waals surface area contributed by atoms with Gasteiger partial charge in [0.25, 0.3) is 0 Å². The Balaban J connectivity index is 1.59.